The van der Waals surface area contributed by atoms with Crippen molar-refractivity contribution in [3.63, 3.8) is 0 Å². The smallest absolute Gasteiger partial charge is 0.218 e. The fraction of sp³-hybridized carbons (Fsp3) is 0.556. The molecule has 0 bridgehead atoms. The number of hydrogen-bond acceptors (Lipinski definition) is 5. The number of methoxy groups -OCH3 is 1. The van der Waals surface area contributed by atoms with Crippen LogP contribution in [0, 0.1) is 6.92 Å². The molecule has 1 atom stereocenters. The average molecular weight is 197 g/mol. The Morgan fingerprint density at radius 2 is 2.29 bits per heavy atom. The van der Waals surface area contributed by atoms with Crippen LogP contribution in [0.25, 0.3) is 0 Å². The molecule has 0 aliphatic carbocycles. The van der Waals surface area contributed by atoms with Gasteiger partial charge in [0, 0.05) is 12.6 Å². The van der Waals surface area contributed by atoms with E-state index in [1.54, 1.807) is 27.0 Å². The molecule has 0 aliphatic heterocycles. The largest absolute Gasteiger partial charge is 0.481 e. The van der Waals surface area contributed by atoms with Crippen molar-refractivity contribution in [2.24, 2.45) is 0 Å². The highest BCUT2D eigenvalue weighted by atomic mass is 16.5. The van der Waals surface area contributed by atoms with Crippen LogP contribution >= 0.6 is 0 Å². The van der Waals surface area contributed by atoms with Gasteiger partial charge in [-0.1, -0.05) is 0 Å². The summed E-state index contributed by atoms with van der Waals surface area (Å²) in [6.07, 6.45) is -0.406. The lowest BCUT2D eigenvalue weighted by Crippen LogP contribution is -2.16. The number of aryl methyl sites for hydroxylation is 1. The van der Waals surface area contributed by atoms with Crippen molar-refractivity contribution in [2.75, 3.05) is 19.0 Å². The van der Waals surface area contributed by atoms with E-state index in [1.807, 2.05) is 0 Å². The van der Waals surface area contributed by atoms with E-state index in [0.717, 1.165) is 0 Å². The molecule has 2 N–H and O–H groups in total. The maximum absolute atomic E-state index is 9.07. The summed E-state index contributed by atoms with van der Waals surface area (Å²) in [5, 5.41) is 12.1. The molecule has 0 aromatic carbocycles. The molecule has 5 heteroatoms. The number of anilines is 1. The topological polar surface area (TPSA) is 67.3 Å². The number of ether oxygens (including phenoxy) is 1. The summed E-state index contributed by atoms with van der Waals surface area (Å²) in [5.74, 6) is 1.82. The number of aliphatic hydroxyl groups excluding tert-OH is 1. The van der Waals surface area contributed by atoms with Crippen LogP contribution in [-0.4, -0.2) is 34.8 Å². The molecule has 14 heavy (non-hydrogen) atoms. The van der Waals surface area contributed by atoms with Crippen molar-refractivity contribution in [1.82, 2.24) is 9.97 Å². The first kappa shape index (κ1) is 10.7. The minimum atomic E-state index is -0.406. The van der Waals surface area contributed by atoms with E-state index >= 15 is 0 Å². The van der Waals surface area contributed by atoms with Crippen LogP contribution in [0.1, 0.15) is 12.7 Å². The molecule has 1 aromatic rings. The second kappa shape index (κ2) is 4.76. The Kier molecular flexibility index (Phi) is 3.64. The summed E-state index contributed by atoms with van der Waals surface area (Å²) < 4.78 is 4.99. The summed E-state index contributed by atoms with van der Waals surface area (Å²) in [6, 6.07) is 1.69. The van der Waals surface area contributed by atoms with Crippen LogP contribution in [0.15, 0.2) is 6.07 Å². The molecule has 1 rings (SSSR count). The van der Waals surface area contributed by atoms with Crippen molar-refractivity contribution < 1.29 is 9.84 Å². The van der Waals surface area contributed by atoms with Gasteiger partial charge in [0.2, 0.25) is 5.88 Å². The van der Waals surface area contributed by atoms with Gasteiger partial charge >= 0.3 is 0 Å². The lowest BCUT2D eigenvalue weighted by Gasteiger charge is -2.08. The summed E-state index contributed by atoms with van der Waals surface area (Å²) in [6.45, 7) is 3.95. The number of rotatable bonds is 4. The minimum absolute atomic E-state index is 0.406. The maximum Gasteiger partial charge on any atom is 0.218 e. The van der Waals surface area contributed by atoms with Gasteiger partial charge in [0.15, 0.2) is 0 Å². The summed E-state index contributed by atoms with van der Waals surface area (Å²) in [5.41, 5.74) is 0. The summed E-state index contributed by atoms with van der Waals surface area (Å²) in [7, 11) is 1.56. The van der Waals surface area contributed by atoms with E-state index in [-0.39, 0.29) is 0 Å². The molecule has 0 radical (unpaired) electrons. The van der Waals surface area contributed by atoms with E-state index in [9.17, 15) is 0 Å². The minimum Gasteiger partial charge on any atom is -0.481 e. The van der Waals surface area contributed by atoms with E-state index in [2.05, 4.69) is 15.3 Å². The summed E-state index contributed by atoms with van der Waals surface area (Å²) in [4.78, 5) is 8.18. The Morgan fingerprint density at radius 3 is 2.86 bits per heavy atom. The number of aliphatic hydroxyl groups is 1. The molecular formula is C9H15N3O2. The van der Waals surface area contributed by atoms with Gasteiger partial charge in [-0.15, -0.1) is 0 Å². The zero-order valence-electron chi connectivity index (χ0n) is 8.61. The van der Waals surface area contributed by atoms with Gasteiger partial charge in [-0.2, -0.15) is 4.98 Å². The van der Waals surface area contributed by atoms with Gasteiger partial charge in [-0.25, -0.2) is 4.98 Å². The van der Waals surface area contributed by atoms with Crippen molar-refractivity contribution in [1.29, 1.82) is 0 Å². The second-order valence-electron chi connectivity index (χ2n) is 3.07. The van der Waals surface area contributed by atoms with Crippen molar-refractivity contribution in [2.45, 2.75) is 20.0 Å². The Hall–Kier alpha value is -1.36. The third kappa shape index (κ3) is 3.18. The molecule has 0 fully saturated rings. The predicted octanol–water partition coefficient (Wildman–Crippen LogP) is 0.586. The zero-order chi connectivity index (χ0) is 10.6. The van der Waals surface area contributed by atoms with Crippen LogP contribution in [-0.2, 0) is 0 Å². The molecule has 0 saturated heterocycles. The highest BCUT2D eigenvalue weighted by Gasteiger charge is 2.02. The molecule has 0 spiro atoms. The van der Waals surface area contributed by atoms with Crippen LogP contribution < -0.4 is 10.1 Å². The lowest BCUT2D eigenvalue weighted by atomic mass is 10.4. The fourth-order valence-electron chi connectivity index (χ4n) is 0.988. The highest BCUT2D eigenvalue weighted by Crippen LogP contribution is 2.12. The van der Waals surface area contributed by atoms with Gasteiger partial charge < -0.3 is 15.2 Å². The quantitative estimate of drug-likeness (QED) is 0.739. The lowest BCUT2D eigenvalue weighted by molar-refractivity contribution is 0.208. The number of hydrogen-bond donors (Lipinski definition) is 2. The maximum atomic E-state index is 9.07. The van der Waals surface area contributed by atoms with Crippen LogP contribution in [0.3, 0.4) is 0 Å². The highest BCUT2D eigenvalue weighted by molar-refractivity contribution is 5.38. The second-order valence-corrected chi connectivity index (χ2v) is 3.07. The SMILES string of the molecule is COc1cc(NCC(C)O)nc(C)n1. The van der Waals surface area contributed by atoms with Crippen molar-refractivity contribution >= 4 is 5.82 Å². The zero-order valence-corrected chi connectivity index (χ0v) is 8.61. The molecule has 1 unspecified atom stereocenters. The average Bonchev–Trinajstić information content (AvgIpc) is 2.14. The van der Waals surface area contributed by atoms with Gasteiger partial charge in [0.25, 0.3) is 0 Å². The van der Waals surface area contributed by atoms with Crippen LogP contribution in [0.2, 0.25) is 0 Å². The Bertz CT molecular complexity index is 302. The third-order valence-corrected chi connectivity index (χ3v) is 1.60. The van der Waals surface area contributed by atoms with E-state index < -0.39 is 6.10 Å². The van der Waals surface area contributed by atoms with E-state index in [4.69, 9.17) is 9.84 Å². The van der Waals surface area contributed by atoms with Gasteiger partial charge in [-0.3, -0.25) is 0 Å². The van der Waals surface area contributed by atoms with E-state index in [0.29, 0.717) is 24.1 Å². The molecule has 1 aromatic heterocycles. The Morgan fingerprint density at radius 1 is 1.57 bits per heavy atom. The summed E-state index contributed by atoms with van der Waals surface area (Å²) >= 11 is 0. The molecule has 0 amide bonds. The number of nitrogens with one attached hydrogen (secondary N) is 1. The van der Waals surface area contributed by atoms with Gasteiger partial charge in [-0.05, 0) is 13.8 Å². The molecular weight excluding hydrogens is 182 g/mol. The molecule has 0 aliphatic rings. The first-order valence-corrected chi connectivity index (χ1v) is 4.43. The standard InChI is InChI=1S/C9H15N3O2/c1-6(13)5-10-8-4-9(14-3)12-7(2)11-8/h4,6,13H,5H2,1-3H3,(H,10,11,12). The molecule has 1 heterocycles. The third-order valence-electron chi connectivity index (χ3n) is 1.60. The van der Waals surface area contributed by atoms with Gasteiger partial charge in [0.05, 0.1) is 13.2 Å². The number of aromatic nitrogens is 2. The molecule has 78 valence electrons. The van der Waals surface area contributed by atoms with E-state index in [1.165, 1.54) is 0 Å². The molecule has 5 nitrogen and oxygen atoms in total. The van der Waals surface area contributed by atoms with Crippen molar-refractivity contribution in [3.8, 4) is 5.88 Å². The predicted molar refractivity (Wildman–Crippen MR) is 53.5 cm³/mol. The van der Waals surface area contributed by atoms with Crippen LogP contribution in [0.4, 0.5) is 5.82 Å². The first-order valence-electron chi connectivity index (χ1n) is 4.43. The van der Waals surface area contributed by atoms with Gasteiger partial charge in [0.1, 0.15) is 11.6 Å². The monoisotopic (exact) mass is 197 g/mol. The fourth-order valence-corrected chi connectivity index (χ4v) is 0.988. The Balaban J connectivity index is 2.71. The first-order chi connectivity index (χ1) is 6.61. The van der Waals surface area contributed by atoms with Crippen molar-refractivity contribution in [3.05, 3.63) is 11.9 Å². The molecule has 0 saturated carbocycles. The Labute approximate surface area is 83.2 Å². The normalized spacial score (nSPS) is 12.3. The van der Waals surface area contributed by atoms with Crippen LogP contribution in [0.5, 0.6) is 5.88 Å². The number of nitrogens with zero attached hydrogens (tertiary/aromatic N) is 2.